The van der Waals surface area contributed by atoms with Gasteiger partial charge in [0.05, 0.1) is 13.1 Å². The van der Waals surface area contributed by atoms with Gasteiger partial charge in [0.2, 0.25) is 5.91 Å². The molecule has 1 amide bonds. The first-order valence-electron chi connectivity index (χ1n) is 9.59. The highest BCUT2D eigenvalue weighted by Crippen LogP contribution is 2.28. The Morgan fingerprint density at radius 2 is 1.92 bits per heavy atom. The molecule has 3 rings (SSSR count). The van der Waals surface area contributed by atoms with E-state index in [-0.39, 0.29) is 19.3 Å². The molecule has 0 spiro atoms. The van der Waals surface area contributed by atoms with Gasteiger partial charge in [-0.15, -0.1) is 0 Å². The number of carbonyl (C=O) groups excluding carboxylic acids is 2. The first-order chi connectivity index (χ1) is 11.7. The highest BCUT2D eigenvalue weighted by molar-refractivity contribution is 5.76. The second-order valence-corrected chi connectivity index (χ2v) is 7.42. The number of nitrogens with zero attached hydrogens (tertiary/aromatic N) is 2. The Labute approximate surface area is 152 Å². The Kier molecular flexibility index (Phi) is 8.16. The second-order valence-electron chi connectivity index (χ2n) is 7.42. The summed E-state index contributed by atoms with van der Waals surface area (Å²) in [5, 5.41) is 3.45. The lowest BCUT2D eigenvalue weighted by molar-refractivity contribution is -0.147. The summed E-state index contributed by atoms with van der Waals surface area (Å²) in [6, 6.07) is 0. The van der Waals surface area contributed by atoms with Crippen molar-refractivity contribution in [3.8, 4) is 0 Å². The summed E-state index contributed by atoms with van der Waals surface area (Å²) >= 11 is 0. The molecule has 3 heterocycles. The lowest BCUT2D eigenvalue weighted by atomic mass is 9.84. The van der Waals surface area contributed by atoms with Crippen LogP contribution in [0.2, 0.25) is 0 Å². The predicted molar refractivity (Wildman–Crippen MR) is 98.3 cm³/mol. The maximum Gasteiger partial charge on any atom is 0.320 e. The monoisotopic (exact) mass is 353 g/mol. The lowest BCUT2D eigenvalue weighted by Gasteiger charge is -2.34. The van der Waals surface area contributed by atoms with Crippen LogP contribution in [0, 0.1) is 11.8 Å². The zero-order valence-electron chi connectivity index (χ0n) is 14.7. The lowest BCUT2D eigenvalue weighted by Crippen LogP contribution is -2.41. The van der Waals surface area contributed by atoms with Gasteiger partial charge in [0.15, 0.2) is 0 Å². The number of piperidine rings is 2. The molecule has 6 heteroatoms. The first kappa shape index (κ1) is 20.2. The molecule has 1 N–H and O–H groups in total. The SMILES string of the molecule is C.O=C(CN1CCC(C2CCNC2)CC1)OCCN1CCCCC1=O. The van der Waals surface area contributed by atoms with Crippen LogP contribution in [0.25, 0.3) is 0 Å². The number of esters is 1. The molecule has 1 unspecified atom stereocenters. The van der Waals surface area contributed by atoms with Crippen molar-refractivity contribution in [2.75, 3.05) is 52.4 Å². The standard InChI is InChI=1S/C18H31N3O3.CH4/c22-17-3-1-2-8-21(17)11-12-24-18(23)14-20-9-5-15(6-10-20)16-4-7-19-13-16;/h15-16,19H,1-14H2;1H4. The van der Waals surface area contributed by atoms with Gasteiger partial charge < -0.3 is 15.0 Å². The van der Waals surface area contributed by atoms with Crippen LogP contribution in [0.4, 0.5) is 0 Å². The highest BCUT2D eigenvalue weighted by atomic mass is 16.5. The molecule has 3 fully saturated rings. The fraction of sp³-hybridized carbons (Fsp3) is 0.895. The summed E-state index contributed by atoms with van der Waals surface area (Å²) in [5.41, 5.74) is 0. The smallest absolute Gasteiger partial charge is 0.320 e. The summed E-state index contributed by atoms with van der Waals surface area (Å²) in [5.74, 6) is 1.69. The quantitative estimate of drug-likeness (QED) is 0.733. The second kappa shape index (κ2) is 10.1. The van der Waals surface area contributed by atoms with Gasteiger partial charge in [-0.3, -0.25) is 14.5 Å². The van der Waals surface area contributed by atoms with E-state index in [4.69, 9.17) is 4.74 Å². The molecule has 3 saturated heterocycles. The number of carbonyl (C=O) groups is 2. The molecule has 0 saturated carbocycles. The summed E-state index contributed by atoms with van der Waals surface area (Å²) < 4.78 is 5.34. The van der Waals surface area contributed by atoms with Crippen molar-refractivity contribution in [2.45, 2.75) is 46.0 Å². The fourth-order valence-electron chi connectivity index (χ4n) is 4.26. The number of hydrogen-bond donors (Lipinski definition) is 1. The van der Waals surface area contributed by atoms with Gasteiger partial charge in [-0.1, -0.05) is 7.43 Å². The summed E-state index contributed by atoms with van der Waals surface area (Å²) in [6.45, 7) is 6.40. The summed E-state index contributed by atoms with van der Waals surface area (Å²) in [6.07, 6.45) is 6.39. The van der Waals surface area contributed by atoms with Crippen molar-refractivity contribution in [1.29, 1.82) is 0 Å². The zero-order chi connectivity index (χ0) is 16.8. The average Bonchev–Trinajstić information content (AvgIpc) is 3.12. The maximum atomic E-state index is 12.0. The van der Waals surface area contributed by atoms with E-state index < -0.39 is 0 Å². The molecule has 6 nitrogen and oxygen atoms in total. The number of hydrogen-bond acceptors (Lipinski definition) is 5. The fourth-order valence-corrected chi connectivity index (χ4v) is 4.26. The van der Waals surface area contributed by atoms with Gasteiger partial charge in [-0.2, -0.15) is 0 Å². The van der Waals surface area contributed by atoms with Gasteiger partial charge in [0, 0.05) is 13.0 Å². The molecule has 0 bridgehead atoms. The number of amides is 1. The molecule has 144 valence electrons. The third kappa shape index (κ3) is 5.96. The van der Waals surface area contributed by atoms with E-state index in [0.717, 1.165) is 50.9 Å². The van der Waals surface area contributed by atoms with E-state index in [2.05, 4.69) is 10.2 Å². The molecule has 0 aromatic rings. The predicted octanol–water partition coefficient (Wildman–Crippen LogP) is 1.50. The van der Waals surface area contributed by atoms with Gasteiger partial charge >= 0.3 is 5.97 Å². The van der Waals surface area contributed by atoms with Gasteiger partial charge in [-0.25, -0.2) is 0 Å². The van der Waals surface area contributed by atoms with E-state index in [1.54, 1.807) is 0 Å². The number of likely N-dealkylation sites (tertiary alicyclic amines) is 2. The van der Waals surface area contributed by atoms with Crippen LogP contribution in [-0.2, 0) is 14.3 Å². The van der Waals surface area contributed by atoms with E-state index >= 15 is 0 Å². The van der Waals surface area contributed by atoms with Crippen molar-refractivity contribution in [3.63, 3.8) is 0 Å². The van der Waals surface area contributed by atoms with Crippen LogP contribution in [0.3, 0.4) is 0 Å². The third-order valence-corrected chi connectivity index (χ3v) is 5.80. The highest BCUT2D eigenvalue weighted by Gasteiger charge is 2.29. The summed E-state index contributed by atoms with van der Waals surface area (Å²) in [7, 11) is 0. The molecule has 0 aliphatic carbocycles. The maximum absolute atomic E-state index is 12.0. The summed E-state index contributed by atoms with van der Waals surface area (Å²) in [4.78, 5) is 27.7. The van der Waals surface area contributed by atoms with Gasteiger partial charge in [0.1, 0.15) is 6.61 Å². The molecule has 0 aromatic carbocycles. The minimum absolute atomic E-state index is 0. The van der Waals surface area contributed by atoms with Crippen LogP contribution in [-0.4, -0.2) is 74.1 Å². The van der Waals surface area contributed by atoms with Crippen molar-refractivity contribution >= 4 is 11.9 Å². The Hall–Kier alpha value is -1.14. The largest absolute Gasteiger partial charge is 0.463 e. The Morgan fingerprint density at radius 3 is 2.60 bits per heavy atom. The van der Waals surface area contributed by atoms with Gasteiger partial charge in [-0.05, 0) is 70.1 Å². The molecule has 25 heavy (non-hydrogen) atoms. The van der Waals surface area contributed by atoms with Crippen LogP contribution >= 0.6 is 0 Å². The first-order valence-corrected chi connectivity index (χ1v) is 9.59. The van der Waals surface area contributed by atoms with E-state index in [1.165, 1.54) is 25.8 Å². The van der Waals surface area contributed by atoms with Crippen molar-refractivity contribution in [3.05, 3.63) is 0 Å². The Morgan fingerprint density at radius 1 is 1.12 bits per heavy atom. The van der Waals surface area contributed by atoms with E-state index in [9.17, 15) is 9.59 Å². The number of rotatable bonds is 6. The number of ether oxygens (including phenoxy) is 1. The third-order valence-electron chi connectivity index (χ3n) is 5.80. The minimum Gasteiger partial charge on any atom is -0.463 e. The average molecular weight is 354 g/mol. The molecular formula is C19H35N3O3. The van der Waals surface area contributed by atoms with Crippen molar-refractivity contribution in [2.24, 2.45) is 11.8 Å². The normalized spacial score (nSPS) is 25.7. The van der Waals surface area contributed by atoms with E-state index in [1.807, 2.05) is 4.90 Å². The molecule has 3 aliphatic rings. The molecule has 1 atom stereocenters. The van der Waals surface area contributed by atoms with Crippen molar-refractivity contribution in [1.82, 2.24) is 15.1 Å². The topological polar surface area (TPSA) is 61.9 Å². The van der Waals surface area contributed by atoms with Crippen LogP contribution in [0.1, 0.15) is 46.0 Å². The van der Waals surface area contributed by atoms with Crippen LogP contribution < -0.4 is 5.32 Å². The minimum atomic E-state index is -0.152. The molecule has 0 aromatic heterocycles. The van der Waals surface area contributed by atoms with Crippen LogP contribution in [0.5, 0.6) is 0 Å². The molecule has 0 radical (unpaired) electrons. The zero-order valence-corrected chi connectivity index (χ0v) is 14.7. The molecule has 3 aliphatic heterocycles. The van der Waals surface area contributed by atoms with Crippen LogP contribution in [0.15, 0.2) is 0 Å². The van der Waals surface area contributed by atoms with E-state index in [0.29, 0.717) is 26.1 Å². The molecular weight excluding hydrogens is 318 g/mol. The Balaban J connectivity index is 0.00000225. The number of nitrogens with one attached hydrogen (secondary N) is 1. The Bertz CT molecular complexity index is 430. The van der Waals surface area contributed by atoms with Crippen molar-refractivity contribution < 1.29 is 14.3 Å². The van der Waals surface area contributed by atoms with Gasteiger partial charge in [0.25, 0.3) is 0 Å².